The predicted octanol–water partition coefficient (Wildman–Crippen LogP) is 5.08. The second-order valence-corrected chi connectivity index (χ2v) is 7.48. The van der Waals surface area contributed by atoms with Crippen molar-refractivity contribution in [3.63, 3.8) is 0 Å². The van der Waals surface area contributed by atoms with Crippen molar-refractivity contribution < 1.29 is 32.8 Å². The summed E-state index contributed by atoms with van der Waals surface area (Å²) in [4.78, 5) is 12.5. The number of rotatable bonds is 9. The lowest BCUT2D eigenvalue weighted by atomic mass is 9.99. The third-order valence-corrected chi connectivity index (χ3v) is 5.53. The first kappa shape index (κ1) is 23.8. The van der Waals surface area contributed by atoms with Gasteiger partial charge in [0, 0.05) is 17.7 Å². The van der Waals surface area contributed by atoms with Gasteiger partial charge < -0.3 is 32.8 Å². The average Bonchev–Trinajstić information content (AvgIpc) is 2.90. The van der Waals surface area contributed by atoms with Crippen LogP contribution in [0.2, 0.25) is 0 Å². The van der Waals surface area contributed by atoms with Gasteiger partial charge in [-0.05, 0) is 23.3 Å². The monoisotopic (exact) mass is 478 g/mol. The number of hydrogen-bond donors (Lipinski definition) is 0. The van der Waals surface area contributed by atoms with E-state index in [4.69, 9.17) is 32.8 Å². The molecule has 0 saturated carbocycles. The van der Waals surface area contributed by atoms with Gasteiger partial charge in [-0.15, -0.1) is 0 Å². The van der Waals surface area contributed by atoms with E-state index in [-0.39, 0.29) is 5.58 Å². The minimum Gasteiger partial charge on any atom is -0.493 e. The van der Waals surface area contributed by atoms with Crippen LogP contribution in [0.3, 0.4) is 0 Å². The van der Waals surface area contributed by atoms with Crippen LogP contribution in [0.1, 0.15) is 5.56 Å². The highest BCUT2D eigenvalue weighted by molar-refractivity contribution is 6.01. The highest BCUT2D eigenvalue weighted by Gasteiger charge is 2.23. The molecule has 1 heterocycles. The number of benzene rings is 3. The third-order valence-electron chi connectivity index (χ3n) is 5.53. The Balaban J connectivity index is 1.91. The van der Waals surface area contributed by atoms with Crippen LogP contribution >= 0.6 is 0 Å². The molecule has 0 radical (unpaired) electrons. The molecule has 1 aromatic heterocycles. The van der Waals surface area contributed by atoms with Gasteiger partial charge in [-0.25, -0.2) is 4.79 Å². The zero-order chi connectivity index (χ0) is 24.9. The first-order valence-corrected chi connectivity index (χ1v) is 10.7. The smallest absolute Gasteiger partial charge is 0.336 e. The summed E-state index contributed by atoms with van der Waals surface area (Å²) in [5.74, 6) is 2.44. The molecule has 8 heteroatoms. The van der Waals surface area contributed by atoms with E-state index in [0.29, 0.717) is 57.6 Å². The topological polar surface area (TPSA) is 85.6 Å². The van der Waals surface area contributed by atoms with Crippen LogP contribution in [0, 0.1) is 0 Å². The number of fused-ring (bicyclic) bond motifs is 1. The van der Waals surface area contributed by atoms with Crippen LogP contribution in [0.25, 0.3) is 22.1 Å². The maximum Gasteiger partial charge on any atom is 0.336 e. The number of methoxy groups -OCH3 is 5. The van der Waals surface area contributed by atoms with E-state index in [2.05, 4.69) is 0 Å². The third kappa shape index (κ3) is 4.55. The number of ether oxygens (including phenoxy) is 6. The molecule has 0 fully saturated rings. The second-order valence-electron chi connectivity index (χ2n) is 7.48. The molecule has 0 atom stereocenters. The quantitative estimate of drug-likeness (QED) is 0.308. The van der Waals surface area contributed by atoms with Crippen molar-refractivity contribution in [2.45, 2.75) is 6.61 Å². The van der Waals surface area contributed by atoms with Crippen molar-refractivity contribution >= 4 is 11.0 Å². The van der Waals surface area contributed by atoms with E-state index in [9.17, 15) is 4.79 Å². The Morgan fingerprint density at radius 1 is 0.686 bits per heavy atom. The summed E-state index contributed by atoms with van der Waals surface area (Å²) in [6.45, 7) is 0.329. The molecule has 0 saturated heterocycles. The van der Waals surface area contributed by atoms with Gasteiger partial charge in [0.1, 0.15) is 12.2 Å². The molecule has 0 spiro atoms. The number of hydrogen-bond acceptors (Lipinski definition) is 8. The van der Waals surface area contributed by atoms with Crippen LogP contribution in [0.5, 0.6) is 34.5 Å². The Morgan fingerprint density at radius 3 is 1.86 bits per heavy atom. The van der Waals surface area contributed by atoms with Gasteiger partial charge in [-0.3, -0.25) is 0 Å². The summed E-state index contributed by atoms with van der Waals surface area (Å²) in [5.41, 5.74) is 1.92. The normalized spacial score (nSPS) is 10.7. The summed E-state index contributed by atoms with van der Waals surface area (Å²) in [5, 5.41) is 0.534. The highest BCUT2D eigenvalue weighted by atomic mass is 16.5. The Bertz CT molecular complexity index is 1370. The molecule has 0 N–H and O–H groups in total. The van der Waals surface area contributed by atoms with E-state index in [1.165, 1.54) is 27.4 Å². The molecule has 4 rings (SSSR count). The molecular formula is C27H26O8. The van der Waals surface area contributed by atoms with E-state index in [1.54, 1.807) is 32.4 Å². The lowest BCUT2D eigenvalue weighted by Gasteiger charge is -2.18. The van der Waals surface area contributed by atoms with Gasteiger partial charge in [0.2, 0.25) is 11.5 Å². The average molecular weight is 478 g/mol. The Labute approximate surface area is 202 Å². The highest BCUT2D eigenvalue weighted by Crippen LogP contribution is 2.48. The van der Waals surface area contributed by atoms with Crippen LogP contribution in [-0.2, 0) is 6.61 Å². The van der Waals surface area contributed by atoms with Gasteiger partial charge in [0.15, 0.2) is 23.0 Å². The second kappa shape index (κ2) is 10.3. The molecule has 0 aliphatic heterocycles. The SMILES string of the molecule is COc1cc(-c2cc(=O)oc3cc(OC)c(OC)c(OC)c23)cc(OC)c1OCc1ccccc1. The summed E-state index contributed by atoms with van der Waals surface area (Å²) in [6, 6.07) is 16.3. The Kier molecular flexibility index (Phi) is 7.01. The lowest BCUT2D eigenvalue weighted by Crippen LogP contribution is -2.03. The van der Waals surface area contributed by atoms with Crippen LogP contribution in [0.4, 0.5) is 0 Å². The van der Waals surface area contributed by atoms with Crippen molar-refractivity contribution in [2.75, 3.05) is 35.5 Å². The molecular weight excluding hydrogens is 452 g/mol. The van der Waals surface area contributed by atoms with Gasteiger partial charge in [0.05, 0.1) is 40.9 Å². The largest absolute Gasteiger partial charge is 0.493 e. The van der Waals surface area contributed by atoms with Crippen molar-refractivity contribution in [1.29, 1.82) is 0 Å². The molecule has 3 aromatic carbocycles. The fraction of sp³-hybridized carbons (Fsp3) is 0.222. The van der Waals surface area contributed by atoms with Crippen LogP contribution in [0.15, 0.2) is 63.8 Å². The van der Waals surface area contributed by atoms with Crippen molar-refractivity contribution in [2.24, 2.45) is 0 Å². The molecule has 8 nitrogen and oxygen atoms in total. The first-order chi connectivity index (χ1) is 17.0. The first-order valence-electron chi connectivity index (χ1n) is 10.7. The maximum absolute atomic E-state index is 12.5. The minimum atomic E-state index is -0.538. The zero-order valence-corrected chi connectivity index (χ0v) is 20.2. The van der Waals surface area contributed by atoms with E-state index in [0.717, 1.165) is 5.56 Å². The van der Waals surface area contributed by atoms with E-state index >= 15 is 0 Å². The summed E-state index contributed by atoms with van der Waals surface area (Å²) in [7, 11) is 7.60. The molecule has 35 heavy (non-hydrogen) atoms. The molecule has 4 aromatic rings. The summed E-state index contributed by atoms with van der Waals surface area (Å²) < 4.78 is 39.4. The van der Waals surface area contributed by atoms with E-state index < -0.39 is 5.63 Å². The molecule has 0 aliphatic rings. The van der Waals surface area contributed by atoms with Crippen molar-refractivity contribution in [3.05, 3.63) is 70.6 Å². The van der Waals surface area contributed by atoms with Crippen LogP contribution < -0.4 is 34.0 Å². The minimum absolute atomic E-state index is 0.282. The predicted molar refractivity (Wildman–Crippen MR) is 131 cm³/mol. The fourth-order valence-corrected chi connectivity index (χ4v) is 3.93. The molecule has 0 bridgehead atoms. The molecule has 0 unspecified atom stereocenters. The Hall–Kier alpha value is -4.33. The molecule has 0 amide bonds. The Morgan fingerprint density at radius 2 is 1.29 bits per heavy atom. The van der Waals surface area contributed by atoms with Crippen LogP contribution in [-0.4, -0.2) is 35.5 Å². The van der Waals surface area contributed by atoms with Crippen molar-refractivity contribution in [1.82, 2.24) is 0 Å². The standard InChI is InChI=1S/C27H26O8/c1-29-20-11-17(12-21(30-2)25(20)34-15-16-9-7-6-8-10-16)18-13-23(28)35-19-14-22(31-3)26(32-4)27(33-5)24(18)19/h6-14H,15H2,1-5H3. The summed E-state index contributed by atoms with van der Waals surface area (Å²) in [6.07, 6.45) is 0. The molecule has 0 aliphatic carbocycles. The van der Waals surface area contributed by atoms with Gasteiger partial charge in [-0.2, -0.15) is 0 Å². The van der Waals surface area contributed by atoms with Gasteiger partial charge >= 0.3 is 5.63 Å². The van der Waals surface area contributed by atoms with Gasteiger partial charge in [0.25, 0.3) is 0 Å². The molecule has 182 valence electrons. The van der Waals surface area contributed by atoms with Crippen molar-refractivity contribution in [3.8, 4) is 45.6 Å². The maximum atomic E-state index is 12.5. The summed E-state index contributed by atoms with van der Waals surface area (Å²) >= 11 is 0. The fourth-order valence-electron chi connectivity index (χ4n) is 3.93. The van der Waals surface area contributed by atoms with Gasteiger partial charge in [-0.1, -0.05) is 30.3 Å². The zero-order valence-electron chi connectivity index (χ0n) is 20.2. The lowest BCUT2D eigenvalue weighted by molar-refractivity contribution is 0.266. The van der Waals surface area contributed by atoms with E-state index in [1.807, 2.05) is 30.3 Å².